The quantitative estimate of drug-likeness (QED) is 0.360. The van der Waals surface area contributed by atoms with Gasteiger partial charge in [0.25, 0.3) is 0 Å². The molecule has 0 saturated carbocycles. The molecule has 0 fully saturated rings. The van der Waals surface area contributed by atoms with Gasteiger partial charge in [0.2, 0.25) is 11.8 Å². The summed E-state index contributed by atoms with van der Waals surface area (Å²) in [5.74, 6) is 1.45. The van der Waals surface area contributed by atoms with Crippen molar-refractivity contribution in [2.24, 2.45) is 5.92 Å². The lowest BCUT2D eigenvalue weighted by molar-refractivity contribution is -0.114. The number of carbonyl (C=O) groups excluding carboxylic acids is 2. The van der Waals surface area contributed by atoms with E-state index in [2.05, 4.69) is 34.7 Å². The van der Waals surface area contributed by atoms with Gasteiger partial charge in [-0.25, -0.2) is 0 Å². The molecule has 0 aliphatic rings. The minimum Gasteiger partial charge on any atom is -0.481 e. The molecule has 2 amide bonds. The predicted octanol–water partition coefficient (Wildman–Crippen LogP) is 5.42. The van der Waals surface area contributed by atoms with Crippen molar-refractivity contribution in [1.29, 1.82) is 0 Å². The van der Waals surface area contributed by atoms with Crippen molar-refractivity contribution < 1.29 is 14.3 Å². The summed E-state index contributed by atoms with van der Waals surface area (Å²) in [7, 11) is 0. The van der Waals surface area contributed by atoms with Crippen LogP contribution in [0.25, 0.3) is 0 Å². The van der Waals surface area contributed by atoms with Crippen molar-refractivity contribution >= 4 is 46.6 Å². The van der Waals surface area contributed by atoms with Gasteiger partial charge in [0.15, 0.2) is 17.1 Å². The molecule has 180 valence electrons. The summed E-state index contributed by atoms with van der Waals surface area (Å²) in [6.45, 7) is 8.24. The minimum absolute atomic E-state index is 0.148. The average molecular weight is 502 g/mol. The molecule has 1 unspecified atom stereocenters. The van der Waals surface area contributed by atoms with E-state index in [1.807, 2.05) is 29.7 Å². The van der Waals surface area contributed by atoms with E-state index in [4.69, 9.17) is 16.3 Å². The van der Waals surface area contributed by atoms with Crippen LogP contribution in [0, 0.1) is 5.92 Å². The second kappa shape index (κ2) is 11.9. The summed E-state index contributed by atoms with van der Waals surface area (Å²) in [5.41, 5.74) is 1.31. The topological polar surface area (TPSA) is 98.1 Å². The molecule has 1 atom stereocenters. The Morgan fingerprint density at radius 3 is 2.29 bits per heavy atom. The molecule has 1 aromatic heterocycles. The number of amides is 2. The van der Waals surface area contributed by atoms with Crippen molar-refractivity contribution in [2.75, 3.05) is 16.4 Å². The summed E-state index contributed by atoms with van der Waals surface area (Å²) < 4.78 is 8.03. The number of para-hydroxylation sites is 1. The Morgan fingerprint density at radius 1 is 1.03 bits per heavy atom. The highest BCUT2D eigenvalue weighted by molar-refractivity contribution is 7.99. The molecule has 0 radical (unpaired) electrons. The monoisotopic (exact) mass is 501 g/mol. The highest BCUT2D eigenvalue weighted by atomic mass is 35.5. The lowest BCUT2D eigenvalue weighted by Crippen LogP contribution is -2.17. The van der Waals surface area contributed by atoms with Gasteiger partial charge >= 0.3 is 0 Å². The molecule has 8 nitrogen and oxygen atoms in total. The predicted molar refractivity (Wildman–Crippen MR) is 135 cm³/mol. The van der Waals surface area contributed by atoms with Gasteiger partial charge in [0.05, 0.1) is 10.8 Å². The SMILES string of the molecule is CC(=O)Nc1ccc(NC(=O)CSc2nnc(C(C)Oc3ccccc3Cl)n2CC(C)C)cc1. The van der Waals surface area contributed by atoms with Crippen molar-refractivity contribution in [1.82, 2.24) is 14.8 Å². The van der Waals surface area contributed by atoms with Gasteiger partial charge in [-0.3, -0.25) is 9.59 Å². The normalized spacial score (nSPS) is 11.8. The number of halogens is 1. The van der Waals surface area contributed by atoms with E-state index in [0.29, 0.717) is 45.6 Å². The van der Waals surface area contributed by atoms with Crippen LogP contribution in [0.15, 0.2) is 53.7 Å². The van der Waals surface area contributed by atoms with Crippen LogP contribution in [-0.4, -0.2) is 32.3 Å². The molecule has 2 aromatic carbocycles. The number of hydrogen-bond donors (Lipinski definition) is 2. The minimum atomic E-state index is -0.378. The van der Waals surface area contributed by atoms with Gasteiger partial charge in [-0.2, -0.15) is 0 Å². The summed E-state index contributed by atoms with van der Waals surface area (Å²) in [4.78, 5) is 23.6. The number of benzene rings is 2. The molecule has 0 aliphatic heterocycles. The Labute approximate surface area is 208 Å². The molecule has 34 heavy (non-hydrogen) atoms. The van der Waals surface area contributed by atoms with E-state index in [1.165, 1.54) is 18.7 Å². The highest BCUT2D eigenvalue weighted by Gasteiger charge is 2.21. The number of nitrogens with zero attached hydrogens (tertiary/aromatic N) is 3. The Kier molecular flexibility index (Phi) is 8.95. The molecule has 0 aliphatic carbocycles. The van der Waals surface area contributed by atoms with Gasteiger partial charge in [-0.15, -0.1) is 10.2 Å². The summed E-state index contributed by atoms with van der Waals surface area (Å²) in [6.07, 6.45) is -0.378. The molecule has 3 rings (SSSR count). The number of nitrogens with one attached hydrogen (secondary N) is 2. The smallest absolute Gasteiger partial charge is 0.234 e. The molecule has 2 N–H and O–H groups in total. The van der Waals surface area contributed by atoms with E-state index >= 15 is 0 Å². The van der Waals surface area contributed by atoms with Crippen molar-refractivity contribution in [2.45, 2.75) is 45.5 Å². The fourth-order valence-corrected chi connectivity index (χ4v) is 4.13. The molecular weight excluding hydrogens is 474 g/mol. The fourth-order valence-electron chi connectivity index (χ4n) is 3.20. The lowest BCUT2D eigenvalue weighted by atomic mass is 10.2. The molecule has 0 bridgehead atoms. The lowest BCUT2D eigenvalue weighted by Gasteiger charge is -2.18. The first kappa shape index (κ1) is 25.6. The van der Waals surface area contributed by atoms with E-state index < -0.39 is 0 Å². The third-order valence-electron chi connectivity index (χ3n) is 4.62. The second-order valence-corrected chi connectivity index (χ2v) is 9.48. The Morgan fingerprint density at radius 2 is 1.68 bits per heavy atom. The molecule has 3 aromatic rings. The molecule has 1 heterocycles. The zero-order chi connectivity index (χ0) is 24.7. The van der Waals surface area contributed by atoms with Gasteiger partial charge in [0.1, 0.15) is 5.75 Å². The van der Waals surface area contributed by atoms with E-state index in [0.717, 1.165) is 0 Å². The second-order valence-electron chi connectivity index (χ2n) is 8.13. The zero-order valence-corrected chi connectivity index (χ0v) is 21.1. The number of carbonyl (C=O) groups is 2. The number of ether oxygens (including phenoxy) is 1. The van der Waals surface area contributed by atoms with Crippen molar-refractivity contribution in [3.63, 3.8) is 0 Å². The van der Waals surface area contributed by atoms with E-state index in [9.17, 15) is 9.59 Å². The number of anilines is 2. The van der Waals surface area contributed by atoms with Crippen LogP contribution in [0.1, 0.15) is 39.6 Å². The number of aromatic nitrogens is 3. The van der Waals surface area contributed by atoms with Crippen LogP contribution >= 0.6 is 23.4 Å². The van der Waals surface area contributed by atoms with Gasteiger partial charge < -0.3 is 19.9 Å². The maximum atomic E-state index is 12.5. The molecular formula is C24H28ClN5O3S. The highest BCUT2D eigenvalue weighted by Crippen LogP contribution is 2.30. The van der Waals surface area contributed by atoms with E-state index in [1.54, 1.807) is 30.3 Å². The van der Waals surface area contributed by atoms with Gasteiger partial charge in [-0.05, 0) is 49.2 Å². The molecule has 10 heteroatoms. The van der Waals surface area contributed by atoms with Crippen LogP contribution in [0.3, 0.4) is 0 Å². The average Bonchev–Trinajstić information content (AvgIpc) is 3.17. The fraction of sp³-hybridized carbons (Fsp3) is 0.333. The number of hydrogen-bond acceptors (Lipinski definition) is 6. The van der Waals surface area contributed by atoms with Crippen molar-refractivity contribution in [3.05, 3.63) is 59.4 Å². The van der Waals surface area contributed by atoms with Crippen LogP contribution in [0.2, 0.25) is 5.02 Å². The Bertz CT molecular complexity index is 1130. The number of thioether (sulfide) groups is 1. The standard InChI is InChI=1S/C24H28ClN5O3S/c1-15(2)13-30-23(16(3)33-21-8-6-5-7-20(21)25)28-29-24(30)34-14-22(32)27-19-11-9-18(10-12-19)26-17(4)31/h5-12,15-16H,13-14H2,1-4H3,(H,26,31)(H,27,32). The molecule has 0 spiro atoms. The number of rotatable bonds is 10. The van der Waals surface area contributed by atoms with Crippen LogP contribution in [0.5, 0.6) is 5.75 Å². The third-order valence-corrected chi connectivity index (χ3v) is 5.90. The Balaban J connectivity index is 1.65. The van der Waals surface area contributed by atoms with Gasteiger partial charge in [0, 0.05) is 24.8 Å². The summed E-state index contributed by atoms with van der Waals surface area (Å²) >= 11 is 7.55. The van der Waals surface area contributed by atoms with E-state index in [-0.39, 0.29) is 23.7 Å². The molecule has 0 saturated heterocycles. The largest absolute Gasteiger partial charge is 0.481 e. The summed E-state index contributed by atoms with van der Waals surface area (Å²) in [6, 6.07) is 14.2. The third kappa shape index (κ3) is 7.23. The van der Waals surface area contributed by atoms with Gasteiger partial charge in [-0.1, -0.05) is 49.3 Å². The first-order valence-corrected chi connectivity index (χ1v) is 12.2. The first-order valence-electron chi connectivity index (χ1n) is 10.9. The van der Waals surface area contributed by atoms with Crippen molar-refractivity contribution in [3.8, 4) is 5.75 Å². The van der Waals surface area contributed by atoms with Crippen LogP contribution in [0.4, 0.5) is 11.4 Å². The zero-order valence-electron chi connectivity index (χ0n) is 19.5. The summed E-state index contributed by atoms with van der Waals surface area (Å²) in [5, 5.41) is 15.4. The van der Waals surface area contributed by atoms with Crippen LogP contribution < -0.4 is 15.4 Å². The maximum absolute atomic E-state index is 12.5. The Hall–Kier alpha value is -3.04. The maximum Gasteiger partial charge on any atom is 0.234 e. The van der Waals surface area contributed by atoms with Crippen LogP contribution in [-0.2, 0) is 16.1 Å². The first-order chi connectivity index (χ1) is 16.2.